The van der Waals surface area contributed by atoms with E-state index in [1.165, 1.54) is 0 Å². The molecule has 0 unspecified atom stereocenters. The minimum atomic E-state index is -0.298. The van der Waals surface area contributed by atoms with E-state index >= 15 is 0 Å². The second kappa shape index (κ2) is 10.6. The molecule has 1 heterocycles. The van der Waals surface area contributed by atoms with Gasteiger partial charge in [-0.25, -0.2) is 0 Å². The zero-order valence-electron chi connectivity index (χ0n) is 17.9. The highest BCUT2D eigenvalue weighted by Gasteiger charge is 2.32. The fraction of sp³-hybridized carbons (Fsp3) is 0.391. The number of ether oxygens (including phenoxy) is 3. The molecule has 1 aliphatic heterocycles. The van der Waals surface area contributed by atoms with Gasteiger partial charge in [-0.2, -0.15) is 0 Å². The first-order chi connectivity index (χ1) is 14.9. The molecule has 0 aliphatic carbocycles. The van der Waals surface area contributed by atoms with Gasteiger partial charge in [-0.1, -0.05) is 15.9 Å². The molecule has 0 fully saturated rings. The van der Waals surface area contributed by atoms with E-state index < -0.39 is 0 Å². The third-order valence-electron chi connectivity index (χ3n) is 5.25. The highest BCUT2D eigenvalue weighted by Crippen LogP contribution is 2.39. The van der Waals surface area contributed by atoms with Crippen LogP contribution in [0.2, 0.25) is 0 Å². The second-order valence-corrected chi connectivity index (χ2v) is 8.12. The number of esters is 1. The SMILES string of the molecule is CCOC(=O)C[C@H]1c2cc(OC)c(OC)cc2CCN1CC(=O)Nc1ccc(Br)cc1. The molecule has 2 aromatic rings. The predicted octanol–water partition coefficient (Wildman–Crippen LogP) is 3.96. The summed E-state index contributed by atoms with van der Waals surface area (Å²) in [5.74, 6) is 0.808. The normalized spacial score (nSPS) is 15.7. The highest BCUT2D eigenvalue weighted by atomic mass is 79.9. The summed E-state index contributed by atoms with van der Waals surface area (Å²) in [5, 5.41) is 2.92. The summed E-state index contributed by atoms with van der Waals surface area (Å²) in [5.41, 5.74) is 2.75. The van der Waals surface area contributed by atoms with Crippen molar-refractivity contribution < 1.29 is 23.8 Å². The molecule has 0 radical (unpaired) electrons. The Labute approximate surface area is 190 Å². The van der Waals surface area contributed by atoms with E-state index in [9.17, 15) is 9.59 Å². The summed E-state index contributed by atoms with van der Waals surface area (Å²) in [7, 11) is 3.18. The lowest BCUT2D eigenvalue weighted by Gasteiger charge is -2.37. The second-order valence-electron chi connectivity index (χ2n) is 7.21. The number of fused-ring (bicyclic) bond motifs is 1. The van der Waals surface area contributed by atoms with Gasteiger partial charge in [0.1, 0.15) is 0 Å². The molecule has 0 saturated carbocycles. The molecule has 2 aromatic carbocycles. The Bertz CT molecular complexity index is 932. The van der Waals surface area contributed by atoms with Crippen molar-refractivity contribution in [3.63, 3.8) is 0 Å². The maximum atomic E-state index is 12.7. The zero-order chi connectivity index (χ0) is 22.4. The molecule has 1 atom stereocenters. The number of hydrogen-bond acceptors (Lipinski definition) is 6. The van der Waals surface area contributed by atoms with Crippen LogP contribution in [0.3, 0.4) is 0 Å². The van der Waals surface area contributed by atoms with Crippen molar-refractivity contribution in [3.05, 3.63) is 52.0 Å². The van der Waals surface area contributed by atoms with E-state index in [0.29, 0.717) is 24.7 Å². The average Bonchev–Trinajstić information content (AvgIpc) is 2.76. The first-order valence-corrected chi connectivity index (χ1v) is 10.9. The fourth-order valence-corrected chi connectivity index (χ4v) is 4.07. The zero-order valence-corrected chi connectivity index (χ0v) is 19.5. The van der Waals surface area contributed by atoms with Crippen LogP contribution in [0.15, 0.2) is 40.9 Å². The molecule has 1 amide bonds. The van der Waals surface area contributed by atoms with Crippen LogP contribution in [0.25, 0.3) is 0 Å². The Morgan fingerprint density at radius 2 is 1.81 bits per heavy atom. The first kappa shape index (κ1) is 23.1. The van der Waals surface area contributed by atoms with Crippen molar-refractivity contribution in [2.45, 2.75) is 25.8 Å². The molecule has 7 nitrogen and oxygen atoms in total. The largest absolute Gasteiger partial charge is 0.493 e. The number of methoxy groups -OCH3 is 2. The van der Waals surface area contributed by atoms with Crippen molar-refractivity contribution in [2.75, 3.05) is 39.2 Å². The van der Waals surface area contributed by atoms with Crippen LogP contribution in [0.1, 0.15) is 30.5 Å². The van der Waals surface area contributed by atoms with Gasteiger partial charge in [-0.05, 0) is 60.9 Å². The Balaban J connectivity index is 1.84. The van der Waals surface area contributed by atoms with Crippen molar-refractivity contribution in [1.82, 2.24) is 4.90 Å². The minimum absolute atomic E-state index is 0.139. The van der Waals surface area contributed by atoms with Crippen molar-refractivity contribution in [3.8, 4) is 11.5 Å². The fourth-order valence-electron chi connectivity index (χ4n) is 3.80. The van der Waals surface area contributed by atoms with E-state index in [4.69, 9.17) is 14.2 Å². The lowest BCUT2D eigenvalue weighted by molar-refractivity contribution is -0.145. The summed E-state index contributed by atoms with van der Waals surface area (Å²) < 4.78 is 17.0. The van der Waals surface area contributed by atoms with E-state index in [-0.39, 0.29) is 30.9 Å². The van der Waals surface area contributed by atoms with Gasteiger partial charge in [0.15, 0.2) is 11.5 Å². The summed E-state index contributed by atoms with van der Waals surface area (Å²) in [4.78, 5) is 27.1. The van der Waals surface area contributed by atoms with Crippen molar-refractivity contribution >= 4 is 33.5 Å². The molecular weight excluding hydrogens is 464 g/mol. The Kier molecular flexibility index (Phi) is 7.92. The summed E-state index contributed by atoms with van der Waals surface area (Å²) in [6.07, 6.45) is 0.891. The van der Waals surface area contributed by atoms with Crippen LogP contribution in [0.4, 0.5) is 5.69 Å². The number of halogens is 1. The number of rotatable bonds is 8. The summed E-state index contributed by atoms with van der Waals surface area (Å²) >= 11 is 3.39. The lowest BCUT2D eigenvalue weighted by atomic mass is 9.90. The molecule has 0 spiro atoms. The highest BCUT2D eigenvalue weighted by molar-refractivity contribution is 9.10. The molecule has 0 saturated heterocycles. The van der Waals surface area contributed by atoms with Crippen LogP contribution in [-0.2, 0) is 20.7 Å². The summed E-state index contributed by atoms with van der Waals surface area (Å²) in [6.45, 7) is 2.90. The van der Waals surface area contributed by atoms with E-state index in [1.54, 1.807) is 21.1 Å². The monoisotopic (exact) mass is 490 g/mol. The smallest absolute Gasteiger partial charge is 0.307 e. The third-order valence-corrected chi connectivity index (χ3v) is 5.78. The maximum absolute atomic E-state index is 12.7. The van der Waals surface area contributed by atoms with Gasteiger partial charge >= 0.3 is 5.97 Å². The molecule has 0 aromatic heterocycles. The number of nitrogens with one attached hydrogen (secondary N) is 1. The number of benzene rings is 2. The van der Waals surface area contributed by atoms with Gasteiger partial charge < -0.3 is 19.5 Å². The van der Waals surface area contributed by atoms with E-state index in [2.05, 4.69) is 21.2 Å². The first-order valence-electron chi connectivity index (χ1n) is 10.1. The van der Waals surface area contributed by atoms with Crippen molar-refractivity contribution in [1.29, 1.82) is 0 Å². The van der Waals surface area contributed by atoms with Gasteiger partial charge in [-0.3, -0.25) is 14.5 Å². The Hall–Kier alpha value is -2.58. The molecule has 8 heteroatoms. The number of nitrogens with zero attached hydrogens (tertiary/aromatic N) is 1. The predicted molar refractivity (Wildman–Crippen MR) is 122 cm³/mol. The van der Waals surface area contributed by atoms with Gasteiger partial charge in [0, 0.05) is 22.7 Å². The summed E-state index contributed by atoms with van der Waals surface area (Å²) in [6, 6.07) is 11.0. The van der Waals surface area contributed by atoms with Gasteiger partial charge in [0.05, 0.1) is 33.8 Å². The third kappa shape index (κ3) is 5.77. The van der Waals surface area contributed by atoms with Crippen molar-refractivity contribution in [2.24, 2.45) is 0 Å². The van der Waals surface area contributed by atoms with Crippen LogP contribution in [0, 0.1) is 0 Å². The molecule has 31 heavy (non-hydrogen) atoms. The van der Waals surface area contributed by atoms with Crippen LogP contribution in [-0.4, -0.2) is 50.7 Å². The van der Waals surface area contributed by atoms with Gasteiger partial charge in [0.25, 0.3) is 0 Å². The number of anilines is 1. The average molecular weight is 491 g/mol. The standard InChI is InChI=1S/C23H27BrN2O5/c1-4-31-23(28)13-19-18-12-21(30-3)20(29-2)11-15(18)9-10-26(19)14-22(27)25-17-7-5-16(24)6-8-17/h5-8,11-12,19H,4,9-10,13-14H2,1-3H3,(H,25,27)/t19-/m0/s1. The quantitative estimate of drug-likeness (QED) is 0.564. The number of amides is 1. The van der Waals surface area contributed by atoms with Crippen LogP contribution >= 0.6 is 15.9 Å². The van der Waals surface area contributed by atoms with Gasteiger partial charge in [0.2, 0.25) is 5.91 Å². The van der Waals surface area contributed by atoms with E-state index in [1.807, 2.05) is 41.3 Å². The Morgan fingerprint density at radius 3 is 2.45 bits per heavy atom. The number of carbonyl (C=O) groups is 2. The molecule has 166 valence electrons. The number of carbonyl (C=O) groups excluding carboxylic acids is 2. The lowest BCUT2D eigenvalue weighted by Crippen LogP contribution is -2.41. The topological polar surface area (TPSA) is 77.1 Å². The van der Waals surface area contributed by atoms with Crippen LogP contribution < -0.4 is 14.8 Å². The van der Waals surface area contributed by atoms with Crippen LogP contribution in [0.5, 0.6) is 11.5 Å². The molecule has 1 N–H and O–H groups in total. The maximum Gasteiger partial charge on any atom is 0.307 e. The molecule has 3 rings (SSSR count). The minimum Gasteiger partial charge on any atom is -0.493 e. The molecule has 1 aliphatic rings. The Morgan fingerprint density at radius 1 is 1.13 bits per heavy atom. The van der Waals surface area contributed by atoms with E-state index in [0.717, 1.165) is 27.7 Å². The molecule has 0 bridgehead atoms. The van der Waals surface area contributed by atoms with Gasteiger partial charge in [-0.15, -0.1) is 0 Å². The molecular formula is C23H27BrN2O5. The number of hydrogen-bond donors (Lipinski definition) is 1.